The van der Waals surface area contributed by atoms with Gasteiger partial charge in [-0.2, -0.15) is 5.10 Å². The Morgan fingerprint density at radius 3 is 2.69 bits per heavy atom. The van der Waals surface area contributed by atoms with Crippen LogP contribution < -0.4 is 0 Å². The molecule has 0 aliphatic rings. The molecule has 2 rings (SSSR count). The van der Waals surface area contributed by atoms with Crippen LogP contribution in [0.2, 0.25) is 0 Å². The lowest BCUT2D eigenvalue weighted by Gasteiger charge is -2.06. The van der Waals surface area contributed by atoms with Crippen molar-refractivity contribution in [3.05, 3.63) is 47.8 Å². The van der Waals surface area contributed by atoms with Gasteiger partial charge in [0.15, 0.2) is 5.75 Å². The van der Waals surface area contributed by atoms with Crippen molar-refractivity contribution in [1.82, 2.24) is 9.78 Å². The van der Waals surface area contributed by atoms with Crippen LogP contribution in [0, 0.1) is 0 Å². The van der Waals surface area contributed by atoms with Crippen molar-refractivity contribution in [2.45, 2.75) is 26.3 Å². The van der Waals surface area contributed by atoms with Crippen LogP contribution in [-0.4, -0.2) is 14.9 Å². The first kappa shape index (κ1) is 10.7. The molecule has 16 heavy (non-hydrogen) atoms. The molecule has 0 aliphatic carbocycles. The monoisotopic (exact) mass is 216 g/mol. The van der Waals surface area contributed by atoms with Gasteiger partial charge in [-0.3, -0.25) is 4.68 Å². The molecule has 0 amide bonds. The molecule has 1 heterocycles. The zero-order valence-electron chi connectivity index (χ0n) is 9.43. The first-order valence-electron chi connectivity index (χ1n) is 5.59. The van der Waals surface area contributed by atoms with E-state index in [1.165, 1.54) is 11.8 Å². The second-order valence-electron chi connectivity index (χ2n) is 3.87. The van der Waals surface area contributed by atoms with Crippen LogP contribution in [0.4, 0.5) is 0 Å². The predicted molar refractivity (Wildman–Crippen MR) is 63.4 cm³/mol. The highest BCUT2D eigenvalue weighted by Gasteiger charge is 2.08. The van der Waals surface area contributed by atoms with Crippen LogP contribution in [0.15, 0.2) is 36.5 Å². The van der Waals surface area contributed by atoms with Gasteiger partial charge in [0.2, 0.25) is 0 Å². The molecule has 3 nitrogen and oxygen atoms in total. The Hall–Kier alpha value is -1.77. The van der Waals surface area contributed by atoms with E-state index in [9.17, 15) is 5.11 Å². The van der Waals surface area contributed by atoms with Crippen molar-refractivity contribution >= 4 is 0 Å². The molecule has 0 atom stereocenters. The molecule has 0 unspecified atom stereocenters. The Labute approximate surface area is 95.3 Å². The summed E-state index contributed by atoms with van der Waals surface area (Å²) >= 11 is 0. The van der Waals surface area contributed by atoms with E-state index >= 15 is 0 Å². The fourth-order valence-corrected chi connectivity index (χ4v) is 1.79. The van der Waals surface area contributed by atoms with Crippen molar-refractivity contribution in [3.8, 4) is 5.75 Å². The normalized spacial score (nSPS) is 10.6. The summed E-state index contributed by atoms with van der Waals surface area (Å²) in [5.41, 5.74) is 2.12. The van der Waals surface area contributed by atoms with Gasteiger partial charge in [-0.25, -0.2) is 0 Å². The smallest absolute Gasteiger partial charge is 0.156 e. The number of aromatic hydroxyl groups is 1. The van der Waals surface area contributed by atoms with Crippen LogP contribution in [-0.2, 0) is 13.0 Å². The molecule has 0 radical (unpaired) electrons. The fourth-order valence-electron chi connectivity index (χ4n) is 1.79. The zero-order chi connectivity index (χ0) is 11.4. The van der Waals surface area contributed by atoms with Crippen LogP contribution in [0.3, 0.4) is 0 Å². The van der Waals surface area contributed by atoms with Crippen LogP contribution >= 0.6 is 0 Å². The number of hydrogen-bond donors (Lipinski definition) is 1. The summed E-state index contributed by atoms with van der Waals surface area (Å²) in [5, 5.41) is 13.9. The Bertz CT molecular complexity index is 448. The van der Waals surface area contributed by atoms with Crippen LogP contribution in [0.25, 0.3) is 0 Å². The topological polar surface area (TPSA) is 38.1 Å². The van der Waals surface area contributed by atoms with Gasteiger partial charge in [-0.1, -0.05) is 43.7 Å². The first-order chi connectivity index (χ1) is 7.81. The third-order valence-electron chi connectivity index (χ3n) is 2.59. The van der Waals surface area contributed by atoms with Gasteiger partial charge in [-0.15, -0.1) is 0 Å². The van der Waals surface area contributed by atoms with Crippen molar-refractivity contribution in [1.29, 1.82) is 0 Å². The highest BCUT2D eigenvalue weighted by atomic mass is 16.3. The minimum atomic E-state index is 0.304. The van der Waals surface area contributed by atoms with E-state index in [4.69, 9.17) is 0 Å². The predicted octanol–water partition coefficient (Wildman–Crippen LogP) is 2.59. The minimum Gasteiger partial charge on any atom is -0.504 e. The van der Waals surface area contributed by atoms with Gasteiger partial charge in [0.1, 0.15) is 0 Å². The molecule has 0 saturated carbocycles. The molecule has 0 fully saturated rings. The standard InChI is InChI=1S/C13H16N2O/c1-2-6-12-13(16)9-14-15(12)10-11-7-4-3-5-8-11/h3-5,7-9,16H,2,6,10H2,1H3. The number of benzene rings is 1. The highest BCUT2D eigenvalue weighted by Crippen LogP contribution is 2.18. The van der Waals surface area contributed by atoms with E-state index in [2.05, 4.69) is 24.2 Å². The Kier molecular flexibility index (Phi) is 3.25. The van der Waals surface area contributed by atoms with E-state index in [0.29, 0.717) is 5.75 Å². The number of rotatable bonds is 4. The van der Waals surface area contributed by atoms with Gasteiger partial charge in [0.25, 0.3) is 0 Å². The fraction of sp³-hybridized carbons (Fsp3) is 0.308. The summed E-state index contributed by atoms with van der Waals surface area (Å²) in [5.74, 6) is 0.304. The average molecular weight is 216 g/mol. The number of hydrogen-bond acceptors (Lipinski definition) is 2. The molecule has 1 N–H and O–H groups in total. The third kappa shape index (κ3) is 2.24. The molecule has 0 bridgehead atoms. The molecular formula is C13H16N2O. The molecule has 1 aromatic heterocycles. The molecular weight excluding hydrogens is 200 g/mol. The van der Waals surface area contributed by atoms with Crippen molar-refractivity contribution < 1.29 is 5.11 Å². The van der Waals surface area contributed by atoms with Crippen LogP contribution in [0.1, 0.15) is 24.6 Å². The van der Waals surface area contributed by atoms with Crippen molar-refractivity contribution in [2.75, 3.05) is 0 Å². The lowest BCUT2D eigenvalue weighted by Crippen LogP contribution is -2.06. The third-order valence-corrected chi connectivity index (χ3v) is 2.59. The van der Waals surface area contributed by atoms with E-state index in [1.54, 1.807) is 0 Å². The first-order valence-corrected chi connectivity index (χ1v) is 5.59. The van der Waals surface area contributed by atoms with Gasteiger partial charge >= 0.3 is 0 Å². The summed E-state index contributed by atoms with van der Waals surface area (Å²) in [4.78, 5) is 0. The lowest BCUT2D eigenvalue weighted by molar-refractivity contribution is 0.463. The summed E-state index contributed by atoms with van der Waals surface area (Å²) in [6, 6.07) is 10.1. The molecule has 0 aliphatic heterocycles. The lowest BCUT2D eigenvalue weighted by atomic mass is 10.2. The van der Waals surface area contributed by atoms with E-state index in [0.717, 1.165) is 25.1 Å². The van der Waals surface area contributed by atoms with Crippen molar-refractivity contribution in [2.24, 2.45) is 0 Å². The van der Waals surface area contributed by atoms with Gasteiger partial charge < -0.3 is 5.11 Å². The number of nitrogens with zero attached hydrogens (tertiary/aromatic N) is 2. The van der Waals surface area contributed by atoms with Gasteiger partial charge in [0, 0.05) is 0 Å². The highest BCUT2D eigenvalue weighted by molar-refractivity contribution is 5.25. The summed E-state index contributed by atoms with van der Waals surface area (Å²) < 4.78 is 1.87. The molecule has 84 valence electrons. The molecule has 1 aromatic carbocycles. The van der Waals surface area contributed by atoms with E-state index in [-0.39, 0.29) is 0 Å². The number of aromatic nitrogens is 2. The zero-order valence-corrected chi connectivity index (χ0v) is 9.43. The summed E-state index contributed by atoms with van der Waals surface area (Å²) in [6.45, 7) is 2.82. The Morgan fingerprint density at radius 2 is 2.00 bits per heavy atom. The quantitative estimate of drug-likeness (QED) is 0.853. The van der Waals surface area contributed by atoms with Gasteiger partial charge in [0.05, 0.1) is 18.4 Å². The molecule has 0 saturated heterocycles. The van der Waals surface area contributed by atoms with E-state index in [1.807, 2.05) is 22.9 Å². The SMILES string of the molecule is CCCc1c(O)cnn1Cc1ccccc1. The maximum Gasteiger partial charge on any atom is 0.156 e. The average Bonchev–Trinajstić information content (AvgIpc) is 2.64. The van der Waals surface area contributed by atoms with Crippen molar-refractivity contribution in [3.63, 3.8) is 0 Å². The summed E-state index contributed by atoms with van der Waals surface area (Å²) in [6.07, 6.45) is 3.39. The summed E-state index contributed by atoms with van der Waals surface area (Å²) in [7, 11) is 0. The minimum absolute atomic E-state index is 0.304. The Morgan fingerprint density at radius 1 is 1.25 bits per heavy atom. The molecule has 2 aromatic rings. The molecule has 0 spiro atoms. The van der Waals surface area contributed by atoms with Gasteiger partial charge in [-0.05, 0) is 12.0 Å². The molecule has 3 heteroatoms. The van der Waals surface area contributed by atoms with Crippen LogP contribution in [0.5, 0.6) is 5.75 Å². The largest absolute Gasteiger partial charge is 0.504 e. The Balaban J connectivity index is 2.21. The van der Waals surface area contributed by atoms with E-state index < -0.39 is 0 Å². The maximum absolute atomic E-state index is 9.66. The maximum atomic E-state index is 9.66. The second-order valence-corrected chi connectivity index (χ2v) is 3.87. The second kappa shape index (κ2) is 4.84.